The number of hydrogen-bond donors (Lipinski definition) is 3. The standard InChI is InChI=1S/C34H31F3N2O5/c1-22-5-9-24(10-6-22)25-11-7-23(8-12-25)21-30(33(43)39-28-17-19-29(20-18-28)44-34(35,36)37)38-27-15-13-26(14-16-27)31(40)3-2-4-32(41)42/h5-20,30,38H,2-4,21H2,1H3,(H,39,43)(H,41,42)/t30-/m1/s1. The lowest BCUT2D eigenvalue weighted by molar-refractivity contribution is -0.274. The highest BCUT2D eigenvalue weighted by atomic mass is 19.4. The minimum absolute atomic E-state index is 0.0910. The molecule has 0 aliphatic rings. The molecular weight excluding hydrogens is 573 g/mol. The maximum Gasteiger partial charge on any atom is 0.573 e. The summed E-state index contributed by atoms with van der Waals surface area (Å²) in [5.74, 6) is -1.97. The first kappa shape index (κ1) is 31.8. The molecule has 4 aromatic carbocycles. The van der Waals surface area contributed by atoms with Gasteiger partial charge in [0, 0.05) is 36.2 Å². The van der Waals surface area contributed by atoms with Gasteiger partial charge in [0.05, 0.1) is 0 Å². The zero-order valence-corrected chi connectivity index (χ0v) is 23.9. The van der Waals surface area contributed by atoms with Gasteiger partial charge in [-0.15, -0.1) is 13.2 Å². The number of nitrogens with one attached hydrogen (secondary N) is 2. The monoisotopic (exact) mass is 604 g/mol. The van der Waals surface area contributed by atoms with Crippen LogP contribution in [0.3, 0.4) is 0 Å². The molecule has 0 saturated heterocycles. The van der Waals surface area contributed by atoms with Crippen molar-refractivity contribution < 1.29 is 37.4 Å². The van der Waals surface area contributed by atoms with Crippen molar-refractivity contribution in [3.05, 3.63) is 114 Å². The number of halogens is 3. The lowest BCUT2D eigenvalue weighted by atomic mass is 9.99. The van der Waals surface area contributed by atoms with Crippen LogP contribution in [-0.2, 0) is 16.0 Å². The number of alkyl halides is 3. The van der Waals surface area contributed by atoms with E-state index in [1.54, 1.807) is 24.3 Å². The lowest BCUT2D eigenvalue weighted by Crippen LogP contribution is -2.36. The number of benzene rings is 4. The largest absolute Gasteiger partial charge is 0.573 e. The molecule has 0 aliphatic heterocycles. The third-order valence-corrected chi connectivity index (χ3v) is 6.79. The molecule has 0 bridgehead atoms. The van der Waals surface area contributed by atoms with Crippen LogP contribution in [0.15, 0.2) is 97.1 Å². The molecule has 44 heavy (non-hydrogen) atoms. The summed E-state index contributed by atoms with van der Waals surface area (Å²) in [4.78, 5) is 36.6. The van der Waals surface area contributed by atoms with Gasteiger partial charge in [0.25, 0.3) is 0 Å². The molecule has 0 radical (unpaired) electrons. The van der Waals surface area contributed by atoms with Crippen LogP contribution in [-0.4, -0.2) is 35.2 Å². The molecule has 0 spiro atoms. The smallest absolute Gasteiger partial charge is 0.481 e. The number of carboxylic acid groups (broad SMARTS) is 1. The quantitative estimate of drug-likeness (QED) is 0.135. The van der Waals surface area contributed by atoms with Gasteiger partial charge in [-0.3, -0.25) is 14.4 Å². The molecule has 7 nitrogen and oxygen atoms in total. The van der Waals surface area contributed by atoms with Crippen molar-refractivity contribution in [3.63, 3.8) is 0 Å². The van der Waals surface area contributed by atoms with Gasteiger partial charge < -0.3 is 20.5 Å². The fourth-order valence-corrected chi connectivity index (χ4v) is 4.49. The summed E-state index contributed by atoms with van der Waals surface area (Å²) in [7, 11) is 0. The molecule has 1 atom stereocenters. The van der Waals surface area contributed by atoms with E-state index in [2.05, 4.69) is 15.4 Å². The summed E-state index contributed by atoms with van der Waals surface area (Å²) >= 11 is 0. The van der Waals surface area contributed by atoms with Crippen LogP contribution in [0.4, 0.5) is 24.5 Å². The van der Waals surface area contributed by atoms with Crippen LogP contribution < -0.4 is 15.4 Å². The Kier molecular flexibility index (Phi) is 10.4. The minimum atomic E-state index is -4.83. The number of Topliss-reactive ketones (excluding diaryl/α,β-unsaturated/α-hetero) is 1. The third-order valence-electron chi connectivity index (χ3n) is 6.79. The van der Waals surface area contributed by atoms with Crippen molar-refractivity contribution in [1.82, 2.24) is 0 Å². The van der Waals surface area contributed by atoms with Crippen LogP contribution in [0, 0.1) is 6.92 Å². The first-order valence-electron chi connectivity index (χ1n) is 13.9. The lowest BCUT2D eigenvalue weighted by Gasteiger charge is -2.20. The molecule has 0 heterocycles. The first-order chi connectivity index (χ1) is 20.9. The van der Waals surface area contributed by atoms with E-state index >= 15 is 0 Å². The van der Waals surface area contributed by atoms with Crippen LogP contribution in [0.1, 0.15) is 40.7 Å². The average molecular weight is 605 g/mol. The van der Waals surface area contributed by atoms with E-state index in [0.717, 1.165) is 34.4 Å². The molecule has 10 heteroatoms. The number of aliphatic carboxylic acids is 1. The predicted octanol–water partition coefficient (Wildman–Crippen LogP) is 7.66. The number of rotatable bonds is 13. The number of anilines is 2. The second-order valence-corrected chi connectivity index (χ2v) is 10.3. The Morgan fingerprint density at radius 3 is 1.91 bits per heavy atom. The van der Waals surface area contributed by atoms with Gasteiger partial charge in [0.15, 0.2) is 5.78 Å². The average Bonchev–Trinajstić information content (AvgIpc) is 2.98. The highest BCUT2D eigenvalue weighted by Crippen LogP contribution is 2.25. The van der Waals surface area contributed by atoms with Gasteiger partial charge in [-0.1, -0.05) is 54.1 Å². The van der Waals surface area contributed by atoms with Gasteiger partial charge in [-0.05, 0) is 78.6 Å². The van der Waals surface area contributed by atoms with Gasteiger partial charge in [0.1, 0.15) is 11.8 Å². The van der Waals surface area contributed by atoms with Crippen LogP contribution >= 0.6 is 0 Å². The number of carboxylic acids is 1. The van der Waals surface area contributed by atoms with Crippen molar-refractivity contribution in [2.75, 3.05) is 10.6 Å². The molecule has 1 amide bonds. The molecule has 228 valence electrons. The van der Waals surface area contributed by atoms with E-state index in [-0.39, 0.29) is 37.2 Å². The normalized spacial score (nSPS) is 11.8. The van der Waals surface area contributed by atoms with Crippen LogP contribution in [0.2, 0.25) is 0 Å². The Morgan fingerprint density at radius 2 is 1.34 bits per heavy atom. The van der Waals surface area contributed by atoms with E-state index in [0.29, 0.717) is 11.3 Å². The van der Waals surface area contributed by atoms with Gasteiger partial charge in [-0.25, -0.2) is 0 Å². The number of ketones is 1. The van der Waals surface area contributed by atoms with Crippen molar-refractivity contribution in [2.24, 2.45) is 0 Å². The summed E-state index contributed by atoms with van der Waals surface area (Å²) in [6, 6.07) is 26.5. The Balaban J connectivity index is 1.49. The van der Waals surface area contributed by atoms with E-state index in [1.807, 2.05) is 55.5 Å². The molecule has 0 unspecified atom stereocenters. The first-order valence-corrected chi connectivity index (χ1v) is 13.9. The summed E-state index contributed by atoms with van der Waals surface area (Å²) in [5, 5.41) is 14.7. The zero-order valence-electron chi connectivity index (χ0n) is 23.9. The SMILES string of the molecule is Cc1ccc(-c2ccc(C[C@@H](Nc3ccc(C(=O)CCCC(=O)O)cc3)C(=O)Nc3ccc(OC(F)(F)F)cc3)cc2)cc1. The number of aryl methyl sites for hydroxylation is 1. The molecule has 0 aliphatic carbocycles. The summed E-state index contributed by atoms with van der Waals surface area (Å²) < 4.78 is 41.5. The van der Waals surface area contributed by atoms with Crippen molar-refractivity contribution in [3.8, 4) is 16.9 Å². The maximum absolute atomic E-state index is 13.4. The molecule has 0 saturated carbocycles. The minimum Gasteiger partial charge on any atom is -0.481 e. The second-order valence-electron chi connectivity index (χ2n) is 10.3. The van der Waals surface area contributed by atoms with E-state index in [9.17, 15) is 27.6 Å². The molecule has 0 aromatic heterocycles. The highest BCUT2D eigenvalue weighted by molar-refractivity contribution is 5.98. The molecule has 4 rings (SSSR count). The number of ether oxygens (including phenoxy) is 1. The second kappa shape index (κ2) is 14.4. The fourth-order valence-electron chi connectivity index (χ4n) is 4.49. The Labute approximate surface area is 252 Å². The van der Waals surface area contributed by atoms with Crippen LogP contribution in [0.25, 0.3) is 11.1 Å². The van der Waals surface area contributed by atoms with Gasteiger partial charge in [0.2, 0.25) is 5.91 Å². The van der Waals surface area contributed by atoms with E-state index < -0.39 is 30.0 Å². The highest BCUT2D eigenvalue weighted by Gasteiger charge is 2.31. The van der Waals surface area contributed by atoms with Gasteiger partial charge in [-0.2, -0.15) is 0 Å². The van der Waals surface area contributed by atoms with E-state index in [1.165, 1.54) is 12.1 Å². The number of carbonyl (C=O) groups is 3. The van der Waals surface area contributed by atoms with Crippen molar-refractivity contribution >= 4 is 29.0 Å². The maximum atomic E-state index is 13.4. The molecular formula is C34H31F3N2O5. The van der Waals surface area contributed by atoms with E-state index in [4.69, 9.17) is 5.11 Å². The molecule has 0 fully saturated rings. The third kappa shape index (κ3) is 9.72. The van der Waals surface area contributed by atoms with Crippen molar-refractivity contribution in [1.29, 1.82) is 0 Å². The summed E-state index contributed by atoms with van der Waals surface area (Å²) in [5.41, 5.74) is 5.38. The zero-order chi connectivity index (χ0) is 31.7. The molecule has 4 aromatic rings. The van der Waals surface area contributed by atoms with Gasteiger partial charge >= 0.3 is 12.3 Å². The summed E-state index contributed by atoms with van der Waals surface area (Å²) in [6.45, 7) is 2.02. The summed E-state index contributed by atoms with van der Waals surface area (Å²) in [6.07, 6.45) is -4.29. The number of carbonyl (C=O) groups excluding carboxylic acids is 2. The topological polar surface area (TPSA) is 105 Å². The Hall–Kier alpha value is -5.12. The number of amides is 1. The van der Waals surface area contributed by atoms with Crippen LogP contribution in [0.5, 0.6) is 5.75 Å². The fraction of sp³-hybridized carbons (Fsp3) is 0.206. The number of hydrogen-bond acceptors (Lipinski definition) is 5. The van der Waals surface area contributed by atoms with Crippen molar-refractivity contribution in [2.45, 2.75) is 45.0 Å². The Morgan fingerprint density at radius 1 is 0.773 bits per heavy atom. The molecule has 3 N–H and O–H groups in total. The Bertz CT molecular complexity index is 1570. The predicted molar refractivity (Wildman–Crippen MR) is 162 cm³/mol.